The fourth-order valence-electron chi connectivity index (χ4n) is 2.93. The summed E-state index contributed by atoms with van der Waals surface area (Å²) >= 11 is 0. The summed E-state index contributed by atoms with van der Waals surface area (Å²) in [6, 6.07) is 8.35. The molecule has 2 aromatic carbocycles. The van der Waals surface area contributed by atoms with Crippen molar-refractivity contribution in [1.82, 2.24) is 0 Å². The molecule has 0 spiro atoms. The highest BCUT2D eigenvalue weighted by molar-refractivity contribution is 7.53. The predicted octanol–water partition coefficient (Wildman–Crippen LogP) is 1.58. The Morgan fingerprint density at radius 3 is 2.68 bits per heavy atom. The van der Waals surface area contributed by atoms with E-state index in [2.05, 4.69) is 5.32 Å². The van der Waals surface area contributed by atoms with Gasteiger partial charge >= 0.3 is 13.6 Å². The number of benzene rings is 1. The van der Waals surface area contributed by atoms with E-state index in [-0.39, 0.29) is 12.7 Å². The Morgan fingerprint density at radius 1 is 1.21 bits per heavy atom. The van der Waals surface area contributed by atoms with Crippen molar-refractivity contribution in [3.05, 3.63) is 56.3 Å². The van der Waals surface area contributed by atoms with Crippen molar-refractivity contribution in [3.63, 3.8) is 0 Å². The van der Waals surface area contributed by atoms with Gasteiger partial charge in [-0.15, -0.1) is 0 Å². The molecule has 1 N–H and O–H groups in total. The van der Waals surface area contributed by atoms with Crippen molar-refractivity contribution in [2.45, 2.75) is 6.42 Å². The first-order valence-electron chi connectivity index (χ1n) is 8.79. The lowest BCUT2D eigenvalue weighted by Crippen LogP contribution is -2.42. The van der Waals surface area contributed by atoms with E-state index in [0.29, 0.717) is 30.0 Å². The SMILES string of the molecule is COP(=O)(CCN1CCCNc2c1c(=O)c2=O)OCOC(=O)c1ccccc1. The summed E-state index contributed by atoms with van der Waals surface area (Å²) < 4.78 is 27.9. The molecule has 1 heterocycles. The van der Waals surface area contributed by atoms with Crippen LogP contribution in [0.2, 0.25) is 0 Å². The molecule has 0 radical (unpaired) electrons. The van der Waals surface area contributed by atoms with E-state index >= 15 is 0 Å². The molecule has 0 saturated heterocycles. The van der Waals surface area contributed by atoms with E-state index in [0.717, 1.165) is 6.42 Å². The van der Waals surface area contributed by atoms with Crippen LogP contribution in [0.15, 0.2) is 39.9 Å². The van der Waals surface area contributed by atoms with Gasteiger partial charge in [0.2, 0.25) is 6.79 Å². The van der Waals surface area contributed by atoms with Crippen LogP contribution in [-0.4, -0.2) is 45.7 Å². The standard InChI is InChI=1S/C18H21N2O7P/c1-25-28(24,27-12-26-18(23)13-6-3-2-4-7-13)11-10-20-9-5-8-19-14-15(20)17(22)16(14)21/h2-4,6-7,19H,5,8-12H2,1H3. The predicted molar refractivity (Wildman–Crippen MR) is 104 cm³/mol. The second-order valence-electron chi connectivity index (χ2n) is 6.21. The van der Waals surface area contributed by atoms with E-state index in [1.165, 1.54) is 7.11 Å². The Labute approximate surface area is 161 Å². The molecular weight excluding hydrogens is 387 g/mol. The number of ether oxygens (including phenoxy) is 1. The number of hydrogen-bond acceptors (Lipinski definition) is 9. The summed E-state index contributed by atoms with van der Waals surface area (Å²) in [4.78, 5) is 37.1. The Bertz CT molecular complexity index is 953. The smallest absolute Gasteiger partial charge is 0.340 e. The van der Waals surface area contributed by atoms with Gasteiger partial charge in [0.05, 0.1) is 11.7 Å². The van der Waals surface area contributed by atoms with Gasteiger partial charge in [-0.05, 0) is 18.6 Å². The third kappa shape index (κ3) is 4.32. The quantitative estimate of drug-likeness (QED) is 0.301. The molecule has 9 nitrogen and oxygen atoms in total. The van der Waals surface area contributed by atoms with Crippen LogP contribution < -0.4 is 21.1 Å². The lowest BCUT2D eigenvalue weighted by Gasteiger charge is -2.26. The molecular formula is C18H21N2O7P. The monoisotopic (exact) mass is 408 g/mol. The first-order valence-corrected chi connectivity index (χ1v) is 10.5. The second-order valence-corrected chi connectivity index (χ2v) is 8.50. The maximum absolute atomic E-state index is 12.7. The van der Waals surface area contributed by atoms with Gasteiger partial charge in [0.25, 0.3) is 10.9 Å². The highest BCUT2D eigenvalue weighted by Crippen LogP contribution is 2.47. The van der Waals surface area contributed by atoms with Crippen LogP contribution >= 0.6 is 7.60 Å². The lowest BCUT2D eigenvalue weighted by molar-refractivity contribution is 0.0114. The van der Waals surface area contributed by atoms with Gasteiger partial charge in [-0.3, -0.25) is 18.7 Å². The van der Waals surface area contributed by atoms with Crippen molar-refractivity contribution >= 4 is 24.9 Å². The van der Waals surface area contributed by atoms with Crippen molar-refractivity contribution in [2.75, 3.05) is 49.9 Å². The van der Waals surface area contributed by atoms with Crippen molar-refractivity contribution in [3.8, 4) is 0 Å². The molecule has 28 heavy (non-hydrogen) atoms. The Balaban J connectivity index is 1.55. The minimum atomic E-state index is -3.54. The third-order valence-corrected chi connectivity index (χ3v) is 6.28. The number of carbonyl (C=O) groups is 1. The molecule has 1 aliphatic rings. The average molecular weight is 408 g/mol. The maximum Gasteiger partial charge on any atom is 0.340 e. The normalized spacial score (nSPS) is 16.0. The first kappa shape index (κ1) is 20.3. The van der Waals surface area contributed by atoms with Gasteiger partial charge < -0.3 is 19.5 Å². The minimum absolute atomic E-state index is 0.0232. The van der Waals surface area contributed by atoms with E-state index in [4.69, 9.17) is 13.8 Å². The number of hydrogen-bond donors (Lipinski definition) is 1. The van der Waals surface area contributed by atoms with Crippen molar-refractivity contribution in [2.24, 2.45) is 0 Å². The van der Waals surface area contributed by atoms with Crippen LogP contribution in [0.4, 0.5) is 11.4 Å². The van der Waals surface area contributed by atoms with Gasteiger partial charge in [-0.25, -0.2) is 4.79 Å². The molecule has 10 heteroatoms. The molecule has 1 aliphatic heterocycles. The van der Waals surface area contributed by atoms with Gasteiger partial charge in [-0.2, -0.15) is 0 Å². The van der Waals surface area contributed by atoms with Gasteiger partial charge in [0.1, 0.15) is 11.4 Å². The van der Waals surface area contributed by atoms with Crippen LogP contribution in [0, 0.1) is 0 Å². The van der Waals surface area contributed by atoms with Crippen LogP contribution in [-0.2, 0) is 18.3 Å². The van der Waals surface area contributed by atoms with Crippen molar-refractivity contribution in [1.29, 1.82) is 0 Å². The van der Waals surface area contributed by atoms with E-state index in [1.54, 1.807) is 35.2 Å². The number of anilines is 2. The lowest BCUT2D eigenvalue weighted by atomic mass is 10.2. The van der Waals surface area contributed by atoms with E-state index in [9.17, 15) is 18.9 Å². The van der Waals surface area contributed by atoms with Crippen LogP contribution in [0.25, 0.3) is 0 Å². The molecule has 0 amide bonds. The van der Waals surface area contributed by atoms with E-state index in [1.807, 2.05) is 0 Å². The molecule has 1 atom stereocenters. The Morgan fingerprint density at radius 2 is 1.96 bits per heavy atom. The topological polar surface area (TPSA) is 111 Å². The molecule has 2 aromatic rings. The third-order valence-electron chi connectivity index (χ3n) is 4.48. The molecule has 3 rings (SSSR count). The van der Waals surface area contributed by atoms with E-state index < -0.39 is 31.2 Å². The highest BCUT2D eigenvalue weighted by atomic mass is 31.2. The molecule has 0 bridgehead atoms. The van der Waals surface area contributed by atoms with Crippen LogP contribution in [0.3, 0.4) is 0 Å². The molecule has 150 valence electrons. The number of esters is 1. The number of fused-ring (bicyclic) bond motifs is 1. The summed E-state index contributed by atoms with van der Waals surface area (Å²) in [7, 11) is -2.30. The van der Waals surface area contributed by atoms with Crippen LogP contribution in [0.5, 0.6) is 0 Å². The first-order chi connectivity index (χ1) is 13.4. The summed E-state index contributed by atoms with van der Waals surface area (Å²) in [5.74, 6) is -0.602. The molecule has 0 aliphatic carbocycles. The summed E-state index contributed by atoms with van der Waals surface area (Å²) in [6.45, 7) is 0.808. The average Bonchev–Trinajstić information content (AvgIpc) is 2.92. The Hall–Kier alpha value is -2.48. The minimum Gasteiger partial charge on any atom is -0.434 e. The summed E-state index contributed by atoms with van der Waals surface area (Å²) in [6.07, 6.45) is 0.699. The molecule has 0 aromatic heterocycles. The Kier molecular flexibility index (Phi) is 6.28. The largest absolute Gasteiger partial charge is 0.434 e. The van der Waals surface area contributed by atoms with Gasteiger partial charge in [0, 0.05) is 26.7 Å². The second kappa shape index (κ2) is 8.68. The number of carbonyl (C=O) groups excluding carboxylic acids is 1. The summed E-state index contributed by atoms with van der Waals surface area (Å²) in [5, 5.41) is 2.94. The highest BCUT2D eigenvalue weighted by Gasteiger charge is 2.31. The number of nitrogens with zero attached hydrogens (tertiary/aromatic N) is 1. The zero-order valence-corrected chi connectivity index (χ0v) is 16.3. The zero-order valence-electron chi connectivity index (χ0n) is 15.4. The van der Waals surface area contributed by atoms with Crippen LogP contribution in [0.1, 0.15) is 16.8 Å². The molecule has 1 unspecified atom stereocenters. The van der Waals surface area contributed by atoms with Gasteiger partial charge in [0.15, 0.2) is 0 Å². The molecule has 0 fully saturated rings. The van der Waals surface area contributed by atoms with Gasteiger partial charge in [-0.1, -0.05) is 18.2 Å². The molecule has 0 saturated carbocycles. The maximum atomic E-state index is 12.7. The summed E-state index contributed by atoms with van der Waals surface area (Å²) in [5.41, 5.74) is -0.0913. The zero-order chi connectivity index (χ0) is 20.1. The fourth-order valence-corrected chi connectivity index (χ4v) is 4.05. The fraction of sp³-hybridized carbons (Fsp3) is 0.389. The van der Waals surface area contributed by atoms with Crippen molar-refractivity contribution < 1.29 is 23.1 Å². The number of nitrogens with one attached hydrogen (secondary N) is 1. The number of rotatable bonds is 8.